The van der Waals surface area contributed by atoms with Gasteiger partial charge in [0.15, 0.2) is 0 Å². The fourth-order valence-corrected chi connectivity index (χ4v) is 2.18. The first-order valence-corrected chi connectivity index (χ1v) is 7.05. The van der Waals surface area contributed by atoms with E-state index in [2.05, 4.69) is 21.7 Å². The van der Waals surface area contributed by atoms with Gasteiger partial charge in [0, 0.05) is 52.4 Å². The molecule has 2 saturated heterocycles. The molecular formula is C13H29N3O. The summed E-state index contributed by atoms with van der Waals surface area (Å²) < 4.78 is 5.34. The predicted molar refractivity (Wildman–Crippen MR) is 72.5 cm³/mol. The Labute approximate surface area is 107 Å². The quantitative estimate of drug-likeness (QED) is 0.722. The van der Waals surface area contributed by atoms with Crippen LogP contribution in [0.3, 0.4) is 0 Å². The van der Waals surface area contributed by atoms with Crippen LogP contribution in [0.15, 0.2) is 0 Å². The zero-order valence-corrected chi connectivity index (χ0v) is 11.8. The molecule has 17 heavy (non-hydrogen) atoms. The van der Waals surface area contributed by atoms with Crippen molar-refractivity contribution in [3.63, 3.8) is 0 Å². The van der Waals surface area contributed by atoms with Crippen LogP contribution in [0.1, 0.15) is 13.8 Å². The lowest BCUT2D eigenvalue weighted by Gasteiger charge is -2.34. The van der Waals surface area contributed by atoms with Gasteiger partial charge in [-0.25, -0.2) is 0 Å². The van der Waals surface area contributed by atoms with Gasteiger partial charge in [0.2, 0.25) is 0 Å². The molecule has 0 unspecified atom stereocenters. The van der Waals surface area contributed by atoms with E-state index in [0.29, 0.717) is 0 Å². The van der Waals surface area contributed by atoms with Crippen molar-refractivity contribution < 1.29 is 4.74 Å². The Kier molecular flexibility index (Phi) is 7.77. The molecule has 0 amide bonds. The minimum Gasteiger partial charge on any atom is -0.379 e. The average molecular weight is 243 g/mol. The molecular weight excluding hydrogens is 214 g/mol. The number of nitrogens with zero attached hydrogens (tertiary/aromatic N) is 3. The summed E-state index contributed by atoms with van der Waals surface area (Å²) in [6, 6.07) is 0. The molecule has 2 aliphatic heterocycles. The van der Waals surface area contributed by atoms with E-state index in [4.69, 9.17) is 4.74 Å². The van der Waals surface area contributed by atoms with Crippen molar-refractivity contribution in [3.05, 3.63) is 0 Å². The normalized spacial score (nSPS) is 24.2. The van der Waals surface area contributed by atoms with Crippen molar-refractivity contribution in [2.24, 2.45) is 0 Å². The second kappa shape index (κ2) is 8.86. The monoisotopic (exact) mass is 243 g/mol. The smallest absolute Gasteiger partial charge is 0.0594 e. The van der Waals surface area contributed by atoms with E-state index in [-0.39, 0.29) is 0 Å². The van der Waals surface area contributed by atoms with E-state index in [9.17, 15) is 0 Å². The Morgan fingerprint density at radius 2 is 1.24 bits per heavy atom. The van der Waals surface area contributed by atoms with Gasteiger partial charge >= 0.3 is 0 Å². The van der Waals surface area contributed by atoms with Gasteiger partial charge in [-0.05, 0) is 7.05 Å². The lowest BCUT2D eigenvalue weighted by Crippen LogP contribution is -2.48. The Hall–Kier alpha value is -0.160. The number of hydrogen-bond donors (Lipinski definition) is 0. The van der Waals surface area contributed by atoms with Crippen LogP contribution < -0.4 is 0 Å². The Morgan fingerprint density at radius 3 is 1.76 bits per heavy atom. The first kappa shape index (κ1) is 14.9. The summed E-state index contributed by atoms with van der Waals surface area (Å²) >= 11 is 0. The minimum atomic E-state index is 0.919. The van der Waals surface area contributed by atoms with Crippen molar-refractivity contribution in [1.82, 2.24) is 14.7 Å². The topological polar surface area (TPSA) is 19.0 Å². The minimum absolute atomic E-state index is 0.919. The maximum atomic E-state index is 5.34. The Bertz CT molecular complexity index is 176. The molecule has 0 saturated carbocycles. The fraction of sp³-hybridized carbons (Fsp3) is 1.00. The van der Waals surface area contributed by atoms with Crippen LogP contribution in [0.4, 0.5) is 0 Å². The highest BCUT2D eigenvalue weighted by atomic mass is 16.5. The summed E-state index contributed by atoms with van der Waals surface area (Å²) in [5.41, 5.74) is 0. The summed E-state index contributed by atoms with van der Waals surface area (Å²) in [6.07, 6.45) is 0. The first-order chi connectivity index (χ1) is 8.34. The van der Waals surface area contributed by atoms with E-state index >= 15 is 0 Å². The summed E-state index contributed by atoms with van der Waals surface area (Å²) in [5.74, 6) is 0. The number of morpholine rings is 1. The molecule has 0 bridgehead atoms. The average Bonchev–Trinajstić information content (AvgIpc) is 2.42. The molecule has 2 fully saturated rings. The van der Waals surface area contributed by atoms with Crippen LogP contribution >= 0.6 is 0 Å². The number of rotatable bonds is 3. The highest BCUT2D eigenvalue weighted by Gasteiger charge is 2.15. The first-order valence-electron chi connectivity index (χ1n) is 7.05. The third-order valence-corrected chi connectivity index (χ3v) is 3.43. The maximum absolute atomic E-state index is 5.34. The van der Waals surface area contributed by atoms with E-state index in [1.54, 1.807) is 0 Å². The molecule has 0 aliphatic carbocycles. The van der Waals surface area contributed by atoms with Gasteiger partial charge in [-0.2, -0.15) is 0 Å². The van der Waals surface area contributed by atoms with Gasteiger partial charge in [-0.1, -0.05) is 13.8 Å². The van der Waals surface area contributed by atoms with E-state index in [1.165, 1.54) is 39.3 Å². The van der Waals surface area contributed by atoms with Crippen LogP contribution in [0.2, 0.25) is 0 Å². The molecule has 2 aliphatic rings. The van der Waals surface area contributed by atoms with Crippen LogP contribution in [-0.4, -0.2) is 87.3 Å². The molecule has 4 nitrogen and oxygen atoms in total. The Morgan fingerprint density at radius 1 is 0.765 bits per heavy atom. The zero-order chi connectivity index (χ0) is 12.5. The summed E-state index contributed by atoms with van der Waals surface area (Å²) in [6.45, 7) is 15.4. The molecule has 2 rings (SSSR count). The molecule has 0 aromatic carbocycles. The van der Waals surface area contributed by atoms with Gasteiger partial charge < -0.3 is 9.64 Å². The van der Waals surface area contributed by atoms with Crippen LogP contribution in [0.5, 0.6) is 0 Å². The third-order valence-electron chi connectivity index (χ3n) is 3.43. The zero-order valence-electron chi connectivity index (χ0n) is 11.8. The molecule has 4 heteroatoms. The van der Waals surface area contributed by atoms with Crippen molar-refractivity contribution in [2.75, 3.05) is 72.6 Å². The molecule has 0 N–H and O–H groups in total. The largest absolute Gasteiger partial charge is 0.379 e. The van der Waals surface area contributed by atoms with Crippen molar-refractivity contribution in [3.8, 4) is 0 Å². The fourth-order valence-electron chi connectivity index (χ4n) is 2.18. The predicted octanol–water partition coefficient (Wildman–Crippen LogP) is 0.592. The number of piperazine rings is 1. The van der Waals surface area contributed by atoms with Crippen molar-refractivity contribution in [1.29, 1.82) is 0 Å². The molecule has 0 spiro atoms. The van der Waals surface area contributed by atoms with Gasteiger partial charge in [-0.15, -0.1) is 0 Å². The highest BCUT2D eigenvalue weighted by molar-refractivity contribution is 4.71. The second-order valence-corrected chi connectivity index (χ2v) is 4.60. The van der Waals surface area contributed by atoms with Crippen LogP contribution in [0, 0.1) is 0 Å². The number of likely N-dealkylation sites (N-methyl/N-ethyl adjacent to an activating group) is 1. The summed E-state index contributed by atoms with van der Waals surface area (Å²) in [4.78, 5) is 7.50. The lowest BCUT2D eigenvalue weighted by molar-refractivity contribution is 0.0307. The second-order valence-electron chi connectivity index (χ2n) is 4.60. The molecule has 0 aromatic rings. The lowest BCUT2D eigenvalue weighted by atomic mass is 10.3. The van der Waals surface area contributed by atoms with Gasteiger partial charge in [0.25, 0.3) is 0 Å². The van der Waals surface area contributed by atoms with Gasteiger partial charge in [0.05, 0.1) is 13.2 Å². The van der Waals surface area contributed by atoms with E-state index < -0.39 is 0 Å². The molecule has 102 valence electrons. The van der Waals surface area contributed by atoms with E-state index in [0.717, 1.165) is 26.3 Å². The van der Waals surface area contributed by atoms with Crippen molar-refractivity contribution >= 4 is 0 Å². The Balaban J connectivity index is 0.000000686. The molecule has 0 aromatic heterocycles. The standard InChI is InChI=1S/C11H23N3O.C2H6/c1-12-2-4-13(5-3-12)6-7-14-8-10-15-11-9-14;1-2/h2-11H2,1H3;1-2H3. The SMILES string of the molecule is CC.CN1CCN(CCN2CCOCC2)CC1. The number of hydrogen-bond acceptors (Lipinski definition) is 4. The van der Waals surface area contributed by atoms with Gasteiger partial charge in [-0.3, -0.25) is 9.80 Å². The van der Waals surface area contributed by atoms with Crippen molar-refractivity contribution in [2.45, 2.75) is 13.8 Å². The van der Waals surface area contributed by atoms with Gasteiger partial charge in [0.1, 0.15) is 0 Å². The molecule has 2 heterocycles. The molecule has 0 atom stereocenters. The third kappa shape index (κ3) is 5.82. The number of ether oxygens (including phenoxy) is 1. The summed E-state index contributed by atoms with van der Waals surface area (Å²) in [7, 11) is 2.21. The van der Waals surface area contributed by atoms with Crippen LogP contribution in [-0.2, 0) is 4.74 Å². The van der Waals surface area contributed by atoms with Crippen LogP contribution in [0.25, 0.3) is 0 Å². The maximum Gasteiger partial charge on any atom is 0.0594 e. The van der Waals surface area contributed by atoms with E-state index in [1.807, 2.05) is 13.8 Å². The highest BCUT2D eigenvalue weighted by Crippen LogP contribution is 2.01. The summed E-state index contributed by atoms with van der Waals surface area (Å²) in [5, 5.41) is 0. The molecule has 0 radical (unpaired) electrons.